The van der Waals surface area contributed by atoms with E-state index in [-0.39, 0.29) is 18.6 Å². The molecule has 124 valence electrons. The van der Waals surface area contributed by atoms with Crippen LogP contribution in [0.4, 0.5) is 4.79 Å². The van der Waals surface area contributed by atoms with Gasteiger partial charge in [0.1, 0.15) is 0 Å². The van der Waals surface area contributed by atoms with E-state index in [1.807, 2.05) is 0 Å². The zero-order valence-electron chi connectivity index (χ0n) is 13.4. The van der Waals surface area contributed by atoms with Crippen LogP contribution < -0.4 is 5.32 Å². The van der Waals surface area contributed by atoms with Gasteiger partial charge >= 0.3 is 12.0 Å². The number of hydrogen-bond acceptors (Lipinski definition) is 4. The summed E-state index contributed by atoms with van der Waals surface area (Å²) < 4.78 is 4.55. The molecule has 0 aliphatic rings. The van der Waals surface area contributed by atoms with Crippen molar-refractivity contribution in [3.05, 3.63) is 0 Å². The van der Waals surface area contributed by atoms with Gasteiger partial charge in [-0.05, 0) is 19.3 Å². The molecule has 0 saturated carbocycles. The van der Waals surface area contributed by atoms with E-state index in [9.17, 15) is 9.59 Å². The highest BCUT2D eigenvalue weighted by Gasteiger charge is 2.11. The molecular weight excluding hydrogens is 272 g/mol. The van der Waals surface area contributed by atoms with E-state index in [2.05, 4.69) is 17.0 Å². The first-order valence-electron chi connectivity index (χ1n) is 7.86. The Morgan fingerprint density at radius 1 is 1.10 bits per heavy atom. The largest absolute Gasteiger partial charge is 0.469 e. The maximum Gasteiger partial charge on any atom is 0.317 e. The van der Waals surface area contributed by atoms with Crippen molar-refractivity contribution in [2.24, 2.45) is 0 Å². The summed E-state index contributed by atoms with van der Waals surface area (Å²) in [6.45, 7) is 3.69. The number of hydrogen-bond donors (Lipinski definition) is 2. The first-order chi connectivity index (χ1) is 10.2. The molecule has 0 saturated heterocycles. The molecule has 0 radical (unpaired) electrons. The summed E-state index contributed by atoms with van der Waals surface area (Å²) in [6, 6.07) is -0.140. The van der Waals surface area contributed by atoms with Crippen LogP contribution in [0, 0.1) is 0 Å². The molecule has 21 heavy (non-hydrogen) atoms. The highest BCUT2D eigenvalue weighted by molar-refractivity contribution is 5.74. The molecule has 0 fully saturated rings. The third kappa shape index (κ3) is 11.1. The Morgan fingerprint density at radius 3 is 2.48 bits per heavy atom. The summed E-state index contributed by atoms with van der Waals surface area (Å²) in [5.41, 5.74) is 0. The molecule has 6 heteroatoms. The van der Waals surface area contributed by atoms with Crippen molar-refractivity contribution in [1.29, 1.82) is 0 Å². The smallest absolute Gasteiger partial charge is 0.317 e. The number of carbonyl (C=O) groups is 2. The van der Waals surface area contributed by atoms with E-state index >= 15 is 0 Å². The van der Waals surface area contributed by atoms with Crippen LogP contribution in [0.5, 0.6) is 0 Å². The molecular formula is C15H30N2O4. The van der Waals surface area contributed by atoms with Gasteiger partial charge in [0, 0.05) is 26.1 Å². The van der Waals surface area contributed by atoms with Gasteiger partial charge in [0.25, 0.3) is 0 Å². The fourth-order valence-corrected chi connectivity index (χ4v) is 1.97. The zero-order valence-corrected chi connectivity index (χ0v) is 13.4. The number of aliphatic hydroxyl groups excluding tert-OH is 1. The second kappa shape index (κ2) is 13.7. The zero-order chi connectivity index (χ0) is 15.9. The van der Waals surface area contributed by atoms with Crippen LogP contribution in [0.2, 0.25) is 0 Å². The Labute approximate surface area is 127 Å². The van der Waals surface area contributed by atoms with Crippen LogP contribution in [0.25, 0.3) is 0 Å². The quantitative estimate of drug-likeness (QED) is 0.426. The molecule has 0 heterocycles. The summed E-state index contributed by atoms with van der Waals surface area (Å²) in [7, 11) is 1.37. The Morgan fingerprint density at radius 2 is 1.86 bits per heavy atom. The van der Waals surface area contributed by atoms with Crippen molar-refractivity contribution in [1.82, 2.24) is 10.2 Å². The molecule has 0 aromatic rings. The number of aliphatic hydroxyl groups is 1. The maximum absolute atomic E-state index is 12.0. The third-order valence-electron chi connectivity index (χ3n) is 3.25. The number of urea groups is 1. The van der Waals surface area contributed by atoms with Crippen molar-refractivity contribution < 1.29 is 19.4 Å². The van der Waals surface area contributed by atoms with Gasteiger partial charge in [-0.25, -0.2) is 4.79 Å². The van der Waals surface area contributed by atoms with Gasteiger partial charge in [-0.3, -0.25) is 4.79 Å². The Balaban J connectivity index is 3.81. The number of nitrogens with zero attached hydrogens (tertiary/aromatic N) is 1. The van der Waals surface area contributed by atoms with Gasteiger partial charge in [0.15, 0.2) is 0 Å². The molecule has 0 unspecified atom stereocenters. The highest BCUT2D eigenvalue weighted by Crippen LogP contribution is 2.02. The van der Waals surface area contributed by atoms with E-state index < -0.39 is 0 Å². The molecule has 6 nitrogen and oxygen atoms in total. The first kappa shape index (κ1) is 19.7. The minimum Gasteiger partial charge on any atom is -0.469 e. The molecule has 0 bridgehead atoms. The van der Waals surface area contributed by atoms with Crippen LogP contribution >= 0.6 is 0 Å². The van der Waals surface area contributed by atoms with E-state index in [0.717, 1.165) is 25.7 Å². The number of nitrogens with one attached hydrogen (secondary N) is 1. The van der Waals surface area contributed by atoms with Gasteiger partial charge in [-0.2, -0.15) is 0 Å². The Hall–Kier alpha value is -1.30. The summed E-state index contributed by atoms with van der Waals surface area (Å²) in [6.07, 6.45) is 6.21. The summed E-state index contributed by atoms with van der Waals surface area (Å²) in [5, 5.41) is 11.8. The predicted molar refractivity (Wildman–Crippen MR) is 82.1 cm³/mol. The minimum absolute atomic E-state index is 0.0243. The van der Waals surface area contributed by atoms with E-state index in [1.54, 1.807) is 4.90 Å². The minimum atomic E-state index is -0.223. The van der Waals surface area contributed by atoms with Crippen molar-refractivity contribution in [2.75, 3.05) is 33.4 Å². The molecule has 0 aromatic heterocycles. The average Bonchev–Trinajstić information content (AvgIpc) is 2.49. The molecule has 0 aliphatic carbocycles. The van der Waals surface area contributed by atoms with Crippen molar-refractivity contribution >= 4 is 12.0 Å². The predicted octanol–water partition coefficient (Wildman–Crippen LogP) is 1.91. The van der Waals surface area contributed by atoms with Crippen molar-refractivity contribution in [2.45, 2.75) is 51.9 Å². The van der Waals surface area contributed by atoms with Gasteiger partial charge < -0.3 is 20.1 Å². The SMILES string of the molecule is CCCCCCN(CCO)C(=O)NCCCCC(=O)OC. The molecule has 2 N–H and O–H groups in total. The molecule has 2 amide bonds. The molecule has 0 aromatic carbocycles. The second-order valence-electron chi connectivity index (χ2n) is 5.04. The van der Waals surface area contributed by atoms with E-state index in [0.29, 0.717) is 32.5 Å². The Bertz CT molecular complexity index is 285. The lowest BCUT2D eigenvalue weighted by Crippen LogP contribution is -2.42. The second-order valence-corrected chi connectivity index (χ2v) is 5.04. The van der Waals surface area contributed by atoms with Gasteiger partial charge in [-0.1, -0.05) is 26.2 Å². The number of unbranched alkanes of at least 4 members (excludes halogenated alkanes) is 4. The average molecular weight is 302 g/mol. The number of rotatable bonds is 12. The lowest BCUT2D eigenvalue weighted by molar-refractivity contribution is -0.140. The molecule has 0 spiro atoms. The summed E-state index contributed by atoms with van der Waals surface area (Å²) in [5.74, 6) is -0.223. The number of methoxy groups -OCH3 is 1. The van der Waals surface area contributed by atoms with Crippen molar-refractivity contribution in [3.8, 4) is 0 Å². The lowest BCUT2D eigenvalue weighted by Gasteiger charge is -2.22. The number of carbonyl (C=O) groups excluding carboxylic acids is 2. The fourth-order valence-electron chi connectivity index (χ4n) is 1.97. The van der Waals surface area contributed by atoms with Crippen LogP contribution in [0.15, 0.2) is 0 Å². The van der Waals surface area contributed by atoms with Gasteiger partial charge in [0.2, 0.25) is 0 Å². The first-order valence-corrected chi connectivity index (χ1v) is 7.86. The number of ether oxygens (including phenoxy) is 1. The normalized spacial score (nSPS) is 10.2. The topological polar surface area (TPSA) is 78.9 Å². The molecule has 0 atom stereocenters. The number of amides is 2. The van der Waals surface area contributed by atoms with Gasteiger partial charge in [0.05, 0.1) is 13.7 Å². The maximum atomic E-state index is 12.0. The summed E-state index contributed by atoms with van der Waals surface area (Å²) in [4.78, 5) is 24.5. The lowest BCUT2D eigenvalue weighted by atomic mass is 10.2. The van der Waals surface area contributed by atoms with Crippen LogP contribution in [0.3, 0.4) is 0 Å². The highest BCUT2D eigenvalue weighted by atomic mass is 16.5. The Kier molecular flexibility index (Phi) is 12.8. The van der Waals surface area contributed by atoms with Crippen molar-refractivity contribution in [3.63, 3.8) is 0 Å². The standard InChI is InChI=1S/C15H30N2O4/c1-3-4-5-8-11-17(12-13-18)15(20)16-10-7-6-9-14(19)21-2/h18H,3-13H2,1-2H3,(H,16,20). The summed E-state index contributed by atoms with van der Waals surface area (Å²) >= 11 is 0. The monoisotopic (exact) mass is 302 g/mol. The van der Waals surface area contributed by atoms with Crippen LogP contribution in [-0.2, 0) is 9.53 Å². The molecule has 0 rings (SSSR count). The molecule has 0 aliphatic heterocycles. The van der Waals surface area contributed by atoms with Crippen LogP contribution in [0.1, 0.15) is 51.9 Å². The van der Waals surface area contributed by atoms with E-state index in [1.165, 1.54) is 13.5 Å². The number of esters is 1. The van der Waals surface area contributed by atoms with Crippen LogP contribution in [-0.4, -0.2) is 55.4 Å². The third-order valence-corrected chi connectivity index (χ3v) is 3.25. The van der Waals surface area contributed by atoms with Gasteiger partial charge in [-0.15, -0.1) is 0 Å². The fraction of sp³-hybridized carbons (Fsp3) is 0.867. The van der Waals surface area contributed by atoms with E-state index in [4.69, 9.17) is 5.11 Å².